The highest BCUT2D eigenvalue weighted by Gasteiger charge is 2.28. The van der Waals surface area contributed by atoms with Crippen LogP contribution in [0.5, 0.6) is 0 Å². The summed E-state index contributed by atoms with van der Waals surface area (Å²) in [5.41, 5.74) is 0. The van der Waals surface area contributed by atoms with Crippen LogP contribution in [0, 0.1) is 0 Å². The average molecular weight is 227 g/mol. The van der Waals surface area contributed by atoms with Crippen molar-refractivity contribution < 1.29 is 10.2 Å². The first-order chi connectivity index (χ1) is 7.77. The van der Waals surface area contributed by atoms with Crippen molar-refractivity contribution in [1.82, 2.24) is 5.32 Å². The Hall–Kier alpha value is -0.120. The molecule has 94 valence electrons. The van der Waals surface area contributed by atoms with Crippen LogP contribution in [0.15, 0.2) is 0 Å². The summed E-state index contributed by atoms with van der Waals surface area (Å²) < 4.78 is 0. The first-order valence-corrected chi connectivity index (χ1v) is 6.89. The highest BCUT2D eigenvalue weighted by Crippen LogP contribution is 2.23. The molecule has 2 saturated carbocycles. The van der Waals surface area contributed by atoms with Crippen molar-refractivity contribution in [3.8, 4) is 0 Å². The molecular weight excluding hydrogens is 202 g/mol. The zero-order valence-corrected chi connectivity index (χ0v) is 10.1. The average Bonchev–Trinajstić information content (AvgIpc) is 2.48. The van der Waals surface area contributed by atoms with Crippen LogP contribution < -0.4 is 5.32 Å². The van der Waals surface area contributed by atoms with Gasteiger partial charge < -0.3 is 15.5 Å². The molecule has 0 aromatic carbocycles. The molecule has 0 bridgehead atoms. The van der Waals surface area contributed by atoms with Crippen molar-refractivity contribution in [2.45, 2.75) is 82.1 Å². The second-order valence-electron chi connectivity index (χ2n) is 5.44. The second kappa shape index (κ2) is 5.99. The molecule has 0 spiro atoms. The molecule has 0 radical (unpaired) electrons. The maximum Gasteiger partial charge on any atom is 0.0693 e. The first kappa shape index (κ1) is 12.3. The predicted molar refractivity (Wildman–Crippen MR) is 64.3 cm³/mol. The van der Waals surface area contributed by atoms with Gasteiger partial charge in [0.05, 0.1) is 12.2 Å². The summed E-state index contributed by atoms with van der Waals surface area (Å²) in [6.45, 7) is 0. The molecule has 0 aromatic heterocycles. The van der Waals surface area contributed by atoms with Gasteiger partial charge in [0.25, 0.3) is 0 Å². The van der Waals surface area contributed by atoms with Crippen LogP contribution in [0.3, 0.4) is 0 Å². The molecule has 2 rings (SSSR count). The Morgan fingerprint density at radius 2 is 1.06 bits per heavy atom. The monoisotopic (exact) mass is 227 g/mol. The second-order valence-corrected chi connectivity index (χ2v) is 5.44. The molecular formula is C13H25NO2. The molecule has 16 heavy (non-hydrogen) atoms. The summed E-state index contributed by atoms with van der Waals surface area (Å²) in [6.07, 6.45) is 9.48. The highest BCUT2D eigenvalue weighted by molar-refractivity contribution is 4.87. The topological polar surface area (TPSA) is 52.5 Å². The minimum Gasteiger partial charge on any atom is -0.392 e. The van der Waals surface area contributed by atoms with E-state index in [1.54, 1.807) is 0 Å². The largest absolute Gasteiger partial charge is 0.392 e. The van der Waals surface area contributed by atoms with E-state index in [4.69, 9.17) is 0 Å². The zero-order chi connectivity index (χ0) is 11.4. The maximum absolute atomic E-state index is 10.0. The minimum atomic E-state index is -0.211. The van der Waals surface area contributed by atoms with Crippen molar-refractivity contribution >= 4 is 0 Å². The molecule has 2 aliphatic carbocycles. The predicted octanol–water partition coefficient (Wildman–Crippen LogP) is 1.57. The van der Waals surface area contributed by atoms with Crippen LogP contribution >= 0.6 is 0 Å². The van der Waals surface area contributed by atoms with E-state index in [-0.39, 0.29) is 24.3 Å². The summed E-state index contributed by atoms with van der Waals surface area (Å²) in [6, 6.07) is 0.423. The standard InChI is InChI=1S/C13H25NO2/c15-12-8-3-1-2-6-10(12)14-11-7-4-5-9-13(11)16/h10-16H,1-9H2/t10?,11-,12?,13-/m0/s1. The lowest BCUT2D eigenvalue weighted by Gasteiger charge is -2.33. The Morgan fingerprint density at radius 3 is 1.69 bits per heavy atom. The van der Waals surface area contributed by atoms with E-state index in [1.165, 1.54) is 19.3 Å². The molecule has 0 heterocycles. The van der Waals surface area contributed by atoms with Crippen LogP contribution in [0.1, 0.15) is 57.8 Å². The Balaban J connectivity index is 1.86. The number of rotatable bonds is 2. The summed E-state index contributed by atoms with van der Waals surface area (Å²) in [5, 5.41) is 23.4. The van der Waals surface area contributed by atoms with Gasteiger partial charge in [-0.3, -0.25) is 0 Å². The number of aliphatic hydroxyl groups is 2. The zero-order valence-electron chi connectivity index (χ0n) is 10.1. The molecule has 3 heteroatoms. The number of aliphatic hydroxyl groups excluding tert-OH is 2. The van der Waals surface area contributed by atoms with Crippen molar-refractivity contribution in [1.29, 1.82) is 0 Å². The molecule has 3 nitrogen and oxygen atoms in total. The van der Waals surface area contributed by atoms with E-state index in [0.717, 1.165) is 38.5 Å². The Morgan fingerprint density at radius 1 is 0.625 bits per heavy atom. The van der Waals surface area contributed by atoms with Crippen LogP contribution in [0.2, 0.25) is 0 Å². The number of nitrogens with one attached hydrogen (secondary N) is 1. The van der Waals surface area contributed by atoms with E-state index in [1.807, 2.05) is 0 Å². The van der Waals surface area contributed by atoms with Crippen LogP contribution in [0.4, 0.5) is 0 Å². The normalized spacial score (nSPS) is 41.6. The SMILES string of the molecule is OC1CCCCCC1N[C@H]1CCCC[C@@H]1O. The smallest absolute Gasteiger partial charge is 0.0693 e. The van der Waals surface area contributed by atoms with Gasteiger partial charge in [0.15, 0.2) is 0 Å². The molecule has 0 aromatic rings. The van der Waals surface area contributed by atoms with Gasteiger partial charge in [0.1, 0.15) is 0 Å². The molecule has 0 amide bonds. The lowest BCUT2D eigenvalue weighted by molar-refractivity contribution is 0.0576. The van der Waals surface area contributed by atoms with Gasteiger partial charge in [-0.1, -0.05) is 32.1 Å². The van der Waals surface area contributed by atoms with Crippen LogP contribution in [0.25, 0.3) is 0 Å². The van der Waals surface area contributed by atoms with Gasteiger partial charge in [-0.05, 0) is 25.7 Å². The van der Waals surface area contributed by atoms with Gasteiger partial charge in [-0.25, -0.2) is 0 Å². The molecule has 3 N–H and O–H groups in total. The van der Waals surface area contributed by atoms with Crippen molar-refractivity contribution in [2.24, 2.45) is 0 Å². The quantitative estimate of drug-likeness (QED) is 0.628. The molecule has 2 unspecified atom stereocenters. The maximum atomic E-state index is 10.0. The fourth-order valence-electron chi connectivity index (χ4n) is 3.06. The van der Waals surface area contributed by atoms with Crippen molar-refractivity contribution in [2.75, 3.05) is 0 Å². The number of hydrogen-bond acceptors (Lipinski definition) is 3. The van der Waals surface area contributed by atoms with E-state index >= 15 is 0 Å². The molecule has 0 aliphatic heterocycles. The summed E-state index contributed by atoms with van der Waals surface area (Å²) in [5.74, 6) is 0. The van der Waals surface area contributed by atoms with Gasteiger partial charge >= 0.3 is 0 Å². The Kier molecular flexibility index (Phi) is 4.62. The van der Waals surface area contributed by atoms with E-state index in [0.29, 0.717) is 0 Å². The molecule has 4 atom stereocenters. The van der Waals surface area contributed by atoms with Gasteiger partial charge in [0.2, 0.25) is 0 Å². The minimum absolute atomic E-state index is 0.204. The summed E-state index contributed by atoms with van der Waals surface area (Å²) in [4.78, 5) is 0. The van der Waals surface area contributed by atoms with Gasteiger partial charge in [-0.2, -0.15) is 0 Å². The fourth-order valence-corrected chi connectivity index (χ4v) is 3.06. The van der Waals surface area contributed by atoms with Crippen molar-refractivity contribution in [3.05, 3.63) is 0 Å². The van der Waals surface area contributed by atoms with Gasteiger partial charge in [-0.15, -0.1) is 0 Å². The first-order valence-electron chi connectivity index (χ1n) is 6.89. The lowest BCUT2D eigenvalue weighted by Crippen LogP contribution is -2.50. The molecule has 0 saturated heterocycles. The number of hydrogen-bond donors (Lipinski definition) is 3. The van der Waals surface area contributed by atoms with Crippen LogP contribution in [-0.4, -0.2) is 34.5 Å². The summed E-state index contributed by atoms with van der Waals surface area (Å²) >= 11 is 0. The third kappa shape index (κ3) is 3.19. The lowest BCUT2D eigenvalue weighted by atomic mass is 9.91. The molecule has 2 fully saturated rings. The Labute approximate surface area is 98.2 Å². The van der Waals surface area contributed by atoms with E-state index < -0.39 is 0 Å². The third-order valence-electron chi connectivity index (χ3n) is 4.14. The van der Waals surface area contributed by atoms with Crippen molar-refractivity contribution in [3.63, 3.8) is 0 Å². The van der Waals surface area contributed by atoms with Gasteiger partial charge in [0, 0.05) is 12.1 Å². The third-order valence-corrected chi connectivity index (χ3v) is 4.14. The van der Waals surface area contributed by atoms with E-state index in [9.17, 15) is 10.2 Å². The van der Waals surface area contributed by atoms with E-state index in [2.05, 4.69) is 5.32 Å². The van der Waals surface area contributed by atoms with Crippen LogP contribution in [-0.2, 0) is 0 Å². The molecule has 2 aliphatic rings. The highest BCUT2D eigenvalue weighted by atomic mass is 16.3. The summed E-state index contributed by atoms with van der Waals surface area (Å²) in [7, 11) is 0. The Bertz CT molecular complexity index is 210. The fraction of sp³-hybridized carbons (Fsp3) is 1.00.